The zero-order valence-corrected chi connectivity index (χ0v) is 9.46. The molecule has 2 heterocycles. The average molecular weight is 224 g/mol. The molecule has 0 atom stereocenters. The first-order valence-corrected chi connectivity index (χ1v) is 5.40. The normalized spacial score (nSPS) is 11.1. The standard InChI is InChI=1S/C11H14ClN3/c1-15-9(3-2-4-13)6-10-11(15)5-8(12)7-14-10/h5-7H,2-4,13H2,1H3. The molecule has 0 aliphatic carbocycles. The van der Waals surface area contributed by atoms with Gasteiger partial charge in [0, 0.05) is 18.9 Å². The largest absolute Gasteiger partial charge is 0.346 e. The Morgan fingerprint density at radius 1 is 1.47 bits per heavy atom. The van der Waals surface area contributed by atoms with E-state index in [4.69, 9.17) is 17.3 Å². The van der Waals surface area contributed by atoms with Crippen LogP contribution in [0.2, 0.25) is 5.02 Å². The smallest absolute Gasteiger partial charge is 0.0884 e. The van der Waals surface area contributed by atoms with E-state index in [1.165, 1.54) is 5.69 Å². The van der Waals surface area contributed by atoms with Crippen molar-refractivity contribution in [2.45, 2.75) is 12.8 Å². The van der Waals surface area contributed by atoms with Crippen molar-refractivity contribution in [3.8, 4) is 0 Å². The van der Waals surface area contributed by atoms with Gasteiger partial charge in [-0.3, -0.25) is 4.98 Å². The van der Waals surface area contributed by atoms with Gasteiger partial charge in [0.2, 0.25) is 0 Å². The third kappa shape index (κ3) is 1.98. The van der Waals surface area contributed by atoms with Gasteiger partial charge in [-0.05, 0) is 31.5 Å². The number of aryl methyl sites for hydroxylation is 2. The Labute approximate surface area is 93.9 Å². The molecule has 3 nitrogen and oxygen atoms in total. The van der Waals surface area contributed by atoms with Crippen molar-refractivity contribution in [3.63, 3.8) is 0 Å². The van der Waals surface area contributed by atoms with Gasteiger partial charge in [0.15, 0.2) is 0 Å². The van der Waals surface area contributed by atoms with Crippen molar-refractivity contribution in [2.75, 3.05) is 6.54 Å². The van der Waals surface area contributed by atoms with Crippen LogP contribution in [0.3, 0.4) is 0 Å². The van der Waals surface area contributed by atoms with E-state index >= 15 is 0 Å². The van der Waals surface area contributed by atoms with E-state index < -0.39 is 0 Å². The van der Waals surface area contributed by atoms with E-state index in [0.717, 1.165) is 30.4 Å². The summed E-state index contributed by atoms with van der Waals surface area (Å²) >= 11 is 5.91. The molecule has 0 aliphatic heterocycles. The second-order valence-electron chi connectivity index (χ2n) is 3.64. The maximum Gasteiger partial charge on any atom is 0.0884 e. The van der Waals surface area contributed by atoms with E-state index in [2.05, 4.69) is 15.6 Å². The Kier molecular flexibility index (Phi) is 2.93. The molecule has 2 rings (SSSR count). The fraction of sp³-hybridized carbons (Fsp3) is 0.364. The van der Waals surface area contributed by atoms with Gasteiger partial charge >= 0.3 is 0 Å². The number of hydrogen-bond donors (Lipinski definition) is 1. The SMILES string of the molecule is Cn1c(CCCN)cc2ncc(Cl)cc21. The lowest BCUT2D eigenvalue weighted by atomic mass is 10.2. The molecule has 2 aromatic rings. The van der Waals surface area contributed by atoms with Crippen molar-refractivity contribution in [1.29, 1.82) is 0 Å². The van der Waals surface area contributed by atoms with Crippen LogP contribution in [0.4, 0.5) is 0 Å². The maximum atomic E-state index is 5.91. The Morgan fingerprint density at radius 2 is 2.27 bits per heavy atom. The molecule has 80 valence electrons. The van der Waals surface area contributed by atoms with Crippen LogP contribution >= 0.6 is 11.6 Å². The highest BCUT2D eigenvalue weighted by atomic mass is 35.5. The van der Waals surface area contributed by atoms with Crippen LogP contribution in [0.15, 0.2) is 18.3 Å². The summed E-state index contributed by atoms with van der Waals surface area (Å²) in [6, 6.07) is 4.04. The highest BCUT2D eigenvalue weighted by molar-refractivity contribution is 6.31. The first kappa shape index (κ1) is 10.5. The minimum Gasteiger partial charge on any atom is -0.346 e. The lowest BCUT2D eigenvalue weighted by Gasteiger charge is -2.02. The van der Waals surface area contributed by atoms with Crippen molar-refractivity contribution in [1.82, 2.24) is 9.55 Å². The summed E-state index contributed by atoms with van der Waals surface area (Å²) in [5, 5.41) is 0.675. The van der Waals surface area contributed by atoms with Crippen LogP contribution in [0.5, 0.6) is 0 Å². The summed E-state index contributed by atoms with van der Waals surface area (Å²) in [5.41, 5.74) is 8.83. The number of hydrogen-bond acceptors (Lipinski definition) is 2. The minimum atomic E-state index is 0.675. The predicted octanol–water partition coefficient (Wildman–Crippen LogP) is 2.12. The number of pyridine rings is 1. The van der Waals surface area contributed by atoms with Crippen LogP contribution in [0.1, 0.15) is 12.1 Å². The molecule has 0 amide bonds. The van der Waals surface area contributed by atoms with Crippen LogP contribution in [-0.2, 0) is 13.5 Å². The summed E-state index contributed by atoms with van der Waals surface area (Å²) in [5.74, 6) is 0. The quantitative estimate of drug-likeness (QED) is 0.866. The van der Waals surface area contributed by atoms with E-state index in [1.54, 1.807) is 6.20 Å². The molecule has 0 bridgehead atoms. The fourth-order valence-electron chi connectivity index (χ4n) is 1.75. The molecule has 0 aromatic carbocycles. The number of halogens is 1. The topological polar surface area (TPSA) is 43.8 Å². The van der Waals surface area contributed by atoms with Crippen LogP contribution < -0.4 is 5.73 Å². The van der Waals surface area contributed by atoms with Gasteiger partial charge in [-0.25, -0.2) is 0 Å². The van der Waals surface area contributed by atoms with Gasteiger partial charge in [-0.2, -0.15) is 0 Å². The molecule has 2 N–H and O–H groups in total. The van der Waals surface area contributed by atoms with Gasteiger partial charge in [0.1, 0.15) is 0 Å². The van der Waals surface area contributed by atoms with Gasteiger partial charge in [0.05, 0.1) is 16.1 Å². The van der Waals surface area contributed by atoms with Crippen LogP contribution in [0.25, 0.3) is 11.0 Å². The van der Waals surface area contributed by atoms with E-state index in [-0.39, 0.29) is 0 Å². The zero-order chi connectivity index (χ0) is 10.8. The molecule has 4 heteroatoms. The van der Waals surface area contributed by atoms with E-state index in [0.29, 0.717) is 5.02 Å². The highest BCUT2D eigenvalue weighted by Crippen LogP contribution is 2.20. The summed E-state index contributed by atoms with van der Waals surface area (Å²) < 4.78 is 2.13. The molecule has 0 saturated heterocycles. The average Bonchev–Trinajstić information content (AvgIpc) is 2.53. The predicted molar refractivity (Wildman–Crippen MR) is 63.1 cm³/mol. The van der Waals surface area contributed by atoms with Gasteiger partial charge < -0.3 is 10.3 Å². The summed E-state index contributed by atoms with van der Waals surface area (Å²) in [7, 11) is 2.03. The van der Waals surface area contributed by atoms with Gasteiger partial charge in [-0.1, -0.05) is 11.6 Å². The highest BCUT2D eigenvalue weighted by Gasteiger charge is 2.06. The first-order valence-electron chi connectivity index (χ1n) is 5.02. The van der Waals surface area contributed by atoms with Crippen molar-refractivity contribution in [2.24, 2.45) is 12.8 Å². The zero-order valence-electron chi connectivity index (χ0n) is 8.70. The van der Waals surface area contributed by atoms with E-state index in [9.17, 15) is 0 Å². The molecule has 0 spiro atoms. The van der Waals surface area contributed by atoms with Crippen molar-refractivity contribution >= 4 is 22.6 Å². The monoisotopic (exact) mass is 223 g/mol. The second-order valence-corrected chi connectivity index (χ2v) is 4.08. The lowest BCUT2D eigenvalue weighted by Crippen LogP contribution is -2.03. The number of nitrogens with two attached hydrogens (primary N) is 1. The molecule has 0 aliphatic rings. The van der Waals surface area contributed by atoms with Crippen LogP contribution in [-0.4, -0.2) is 16.1 Å². The molecular formula is C11H14ClN3. The van der Waals surface area contributed by atoms with Gasteiger partial charge in [-0.15, -0.1) is 0 Å². The number of rotatable bonds is 3. The second kappa shape index (κ2) is 4.21. The Bertz CT molecular complexity index is 476. The third-order valence-corrected chi connectivity index (χ3v) is 2.80. The molecule has 0 unspecified atom stereocenters. The molecule has 2 aromatic heterocycles. The number of aromatic nitrogens is 2. The summed E-state index contributed by atoms with van der Waals surface area (Å²) in [6.45, 7) is 0.718. The maximum absolute atomic E-state index is 5.91. The minimum absolute atomic E-state index is 0.675. The van der Waals surface area contributed by atoms with Crippen LogP contribution in [0, 0.1) is 0 Å². The molecule has 0 saturated carbocycles. The van der Waals surface area contributed by atoms with Crippen molar-refractivity contribution < 1.29 is 0 Å². The molecule has 0 radical (unpaired) electrons. The Balaban J connectivity index is 2.45. The molecular weight excluding hydrogens is 210 g/mol. The number of fused-ring (bicyclic) bond motifs is 1. The molecule has 15 heavy (non-hydrogen) atoms. The summed E-state index contributed by atoms with van der Waals surface area (Å²) in [6.07, 6.45) is 3.66. The molecule has 0 fully saturated rings. The Morgan fingerprint density at radius 3 is 3.00 bits per heavy atom. The number of nitrogens with zero attached hydrogens (tertiary/aromatic N) is 2. The first-order chi connectivity index (χ1) is 7.22. The van der Waals surface area contributed by atoms with Crippen molar-refractivity contribution in [3.05, 3.63) is 29.0 Å². The van der Waals surface area contributed by atoms with Gasteiger partial charge in [0.25, 0.3) is 0 Å². The third-order valence-electron chi connectivity index (χ3n) is 2.60. The Hall–Kier alpha value is -1.06. The fourth-order valence-corrected chi connectivity index (χ4v) is 1.90. The summed E-state index contributed by atoms with van der Waals surface area (Å²) in [4.78, 5) is 4.29. The lowest BCUT2D eigenvalue weighted by molar-refractivity contribution is 0.766. The van der Waals surface area contributed by atoms with E-state index in [1.807, 2.05) is 13.1 Å².